The molecule has 0 radical (unpaired) electrons. The van der Waals surface area contributed by atoms with Crippen molar-refractivity contribution in [1.29, 1.82) is 0 Å². The van der Waals surface area contributed by atoms with Crippen LogP contribution in [-0.4, -0.2) is 21.7 Å². The number of carbonyl (C=O) groups excluding carboxylic acids is 2. The fourth-order valence-corrected chi connectivity index (χ4v) is 3.32. The molecule has 0 atom stereocenters. The predicted molar refractivity (Wildman–Crippen MR) is 137 cm³/mol. The van der Waals surface area contributed by atoms with Crippen LogP contribution in [0.1, 0.15) is 0 Å². The number of amides is 4. The lowest BCUT2D eigenvalue weighted by Gasteiger charge is -2.14. The van der Waals surface area contributed by atoms with Gasteiger partial charge in [0.2, 0.25) is 0 Å². The van der Waals surface area contributed by atoms with Crippen molar-refractivity contribution < 1.29 is 14.7 Å². The van der Waals surface area contributed by atoms with Crippen LogP contribution in [0.25, 0.3) is 5.69 Å². The predicted octanol–water partition coefficient (Wildman–Crippen LogP) is 5.48. The zero-order valence-corrected chi connectivity index (χ0v) is 18.9. The van der Waals surface area contributed by atoms with E-state index in [0.717, 1.165) is 0 Å². The maximum absolute atomic E-state index is 12.6. The third-order valence-electron chi connectivity index (χ3n) is 4.83. The van der Waals surface area contributed by atoms with E-state index in [1.807, 2.05) is 0 Å². The molecule has 1 aromatic heterocycles. The summed E-state index contributed by atoms with van der Waals surface area (Å²) in [5, 5.41) is 21.0. The zero-order chi connectivity index (χ0) is 24.8. The number of hydrogen-bond donors (Lipinski definition) is 5. The summed E-state index contributed by atoms with van der Waals surface area (Å²) in [5.74, 6) is -0.0957. The molecule has 176 valence electrons. The quantitative estimate of drug-likeness (QED) is 0.238. The van der Waals surface area contributed by atoms with Crippen LogP contribution in [0.2, 0.25) is 5.02 Å². The lowest BCUT2D eigenvalue weighted by Crippen LogP contribution is -2.23. The van der Waals surface area contributed by atoms with Crippen molar-refractivity contribution in [2.24, 2.45) is 0 Å². The Balaban J connectivity index is 1.42. The minimum atomic E-state index is -0.596. The summed E-state index contributed by atoms with van der Waals surface area (Å²) >= 11 is 5.85. The monoisotopic (exact) mass is 489 g/mol. The van der Waals surface area contributed by atoms with Crippen LogP contribution in [-0.2, 0) is 0 Å². The summed E-state index contributed by atoms with van der Waals surface area (Å²) in [4.78, 5) is 36.9. The largest absolute Gasteiger partial charge is 0.508 e. The number of urea groups is 2. The molecule has 10 heteroatoms. The molecule has 0 bridgehead atoms. The normalized spacial score (nSPS) is 10.3. The van der Waals surface area contributed by atoms with E-state index in [1.54, 1.807) is 66.9 Å². The first kappa shape index (κ1) is 23.4. The van der Waals surface area contributed by atoms with Gasteiger partial charge in [-0.25, -0.2) is 9.59 Å². The molecule has 0 aliphatic rings. The van der Waals surface area contributed by atoms with Crippen LogP contribution in [0.5, 0.6) is 5.75 Å². The summed E-state index contributed by atoms with van der Waals surface area (Å²) in [6, 6.07) is 21.1. The smallest absolute Gasteiger partial charge is 0.323 e. The van der Waals surface area contributed by atoms with Gasteiger partial charge in [0.1, 0.15) is 5.75 Å². The molecule has 4 amide bonds. The number of halogens is 1. The second-order valence-electron chi connectivity index (χ2n) is 7.35. The average Bonchev–Trinajstić information content (AvgIpc) is 2.83. The van der Waals surface area contributed by atoms with Crippen molar-refractivity contribution in [1.82, 2.24) is 4.57 Å². The van der Waals surface area contributed by atoms with Crippen LogP contribution >= 0.6 is 11.6 Å². The number of phenolic OH excluding ortho intramolecular Hbond substituents is 1. The van der Waals surface area contributed by atoms with E-state index in [1.165, 1.54) is 28.8 Å². The summed E-state index contributed by atoms with van der Waals surface area (Å²) in [7, 11) is 0. The third kappa shape index (κ3) is 6.18. The highest BCUT2D eigenvalue weighted by atomic mass is 35.5. The molecule has 1 heterocycles. The Bertz CT molecular complexity index is 1420. The first-order chi connectivity index (χ1) is 16.9. The van der Waals surface area contributed by atoms with Gasteiger partial charge in [0.15, 0.2) is 0 Å². The maximum atomic E-state index is 12.6. The number of carbonyl (C=O) groups is 2. The molecule has 0 spiro atoms. The van der Waals surface area contributed by atoms with Gasteiger partial charge in [-0.2, -0.15) is 0 Å². The van der Waals surface area contributed by atoms with E-state index in [0.29, 0.717) is 22.1 Å². The topological polar surface area (TPSA) is 124 Å². The van der Waals surface area contributed by atoms with Crippen LogP contribution in [0.3, 0.4) is 0 Å². The van der Waals surface area contributed by atoms with Crippen molar-refractivity contribution >= 4 is 46.4 Å². The van der Waals surface area contributed by atoms with Gasteiger partial charge in [0, 0.05) is 40.4 Å². The minimum absolute atomic E-state index is 0.0957. The van der Waals surface area contributed by atoms with E-state index in [9.17, 15) is 19.5 Å². The van der Waals surface area contributed by atoms with Gasteiger partial charge in [-0.05, 0) is 66.7 Å². The summed E-state index contributed by atoms with van der Waals surface area (Å²) in [6.45, 7) is 0. The Morgan fingerprint density at radius 3 is 1.94 bits per heavy atom. The molecule has 35 heavy (non-hydrogen) atoms. The van der Waals surface area contributed by atoms with Crippen molar-refractivity contribution in [2.45, 2.75) is 0 Å². The number of hydrogen-bond acceptors (Lipinski definition) is 4. The summed E-state index contributed by atoms with van der Waals surface area (Å²) in [5.41, 5.74) is 1.93. The molecule has 0 saturated heterocycles. The average molecular weight is 490 g/mol. The van der Waals surface area contributed by atoms with Crippen molar-refractivity contribution in [3.8, 4) is 11.4 Å². The van der Waals surface area contributed by atoms with E-state index in [2.05, 4.69) is 21.3 Å². The number of rotatable bonds is 5. The van der Waals surface area contributed by atoms with E-state index < -0.39 is 12.1 Å². The molecule has 4 rings (SSSR count). The Morgan fingerprint density at radius 2 is 1.31 bits per heavy atom. The number of nitrogens with one attached hydrogen (secondary N) is 4. The van der Waals surface area contributed by atoms with Crippen molar-refractivity contribution in [3.05, 3.63) is 107 Å². The highest BCUT2D eigenvalue weighted by Gasteiger charge is 2.12. The first-order valence-corrected chi connectivity index (χ1v) is 10.8. The van der Waals surface area contributed by atoms with Crippen LogP contribution in [0.4, 0.5) is 32.3 Å². The lowest BCUT2D eigenvalue weighted by molar-refractivity contribution is 0.261. The molecule has 4 aromatic rings. The van der Waals surface area contributed by atoms with E-state index in [-0.39, 0.29) is 22.7 Å². The van der Waals surface area contributed by atoms with Gasteiger partial charge in [-0.15, -0.1) is 0 Å². The number of nitrogens with zero attached hydrogens (tertiary/aromatic N) is 1. The number of pyridine rings is 1. The molecule has 0 fully saturated rings. The number of anilines is 4. The maximum Gasteiger partial charge on any atom is 0.323 e. The standard InChI is InChI=1S/C25H20ClN5O4/c26-16-4-6-17(7-5-16)27-24(34)29-21-13-12-20(32)15-22(21)30-25(35)28-18-8-10-19(11-9-18)31-14-2-1-3-23(31)33/h1-15,32H,(H2,27,29,34)(H2,28,30,35). The number of phenols is 1. The second kappa shape index (κ2) is 10.4. The molecule has 9 nitrogen and oxygen atoms in total. The van der Waals surface area contributed by atoms with Gasteiger partial charge in [-0.1, -0.05) is 17.7 Å². The molecule has 0 aliphatic heterocycles. The van der Waals surface area contributed by atoms with Crippen LogP contribution in [0, 0.1) is 0 Å². The van der Waals surface area contributed by atoms with Crippen molar-refractivity contribution in [3.63, 3.8) is 0 Å². The Labute approximate surface area is 205 Å². The van der Waals surface area contributed by atoms with Gasteiger partial charge < -0.3 is 26.4 Å². The molecule has 0 aliphatic carbocycles. The lowest BCUT2D eigenvalue weighted by atomic mass is 10.2. The van der Waals surface area contributed by atoms with Crippen LogP contribution < -0.4 is 26.8 Å². The number of aromatic hydroxyl groups is 1. The molecule has 3 aromatic carbocycles. The van der Waals surface area contributed by atoms with Gasteiger partial charge in [0.25, 0.3) is 5.56 Å². The molecule has 0 saturated carbocycles. The zero-order valence-electron chi connectivity index (χ0n) is 18.2. The molecule has 5 N–H and O–H groups in total. The van der Waals surface area contributed by atoms with E-state index in [4.69, 9.17) is 11.6 Å². The number of benzene rings is 3. The highest BCUT2D eigenvalue weighted by Crippen LogP contribution is 2.27. The Morgan fingerprint density at radius 1 is 0.714 bits per heavy atom. The second-order valence-corrected chi connectivity index (χ2v) is 7.79. The van der Waals surface area contributed by atoms with Gasteiger partial charge in [-0.3, -0.25) is 9.36 Å². The van der Waals surface area contributed by atoms with Crippen molar-refractivity contribution in [2.75, 3.05) is 21.3 Å². The fourth-order valence-electron chi connectivity index (χ4n) is 3.19. The van der Waals surface area contributed by atoms with E-state index >= 15 is 0 Å². The number of aromatic nitrogens is 1. The third-order valence-corrected chi connectivity index (χ3v) is 5.08. The SMILES string of the molecule is O=C(Nc1ccc(Cl)cc1)Nc1ccc(O)cc1NC(=O)Nc1ccc(-n2ccccc2=O)cc1. The first-order valence-electron chi connectivity index (χ1n) is 10.4. The highest BCUT2D eigenvalue weighted by molar-refractivity contribution is 6.30. The fraction of sp³-hybridized carbons (Fsp3) is 0. The Hall–Kier alpha value is -4.76. The summed E-state index contributed by atoms with van der Waals surface area (Å²) in [6.07, 6.45) is 1.65. The Kier molecular flexibility index (Phi) is 6.99. The van der Waals surface area contributed by atoms with Crippen LogP contribution in [0.15, 0.2) is 95.9 Å². The van der Waals surface area contributed by atoms with Gasteiger partial charge >= 0.3 is 12.1 Å². The molecular weight excluding hydrogens is 470 g/mol. The van der Waals surface area contributed by atoms with Gasteiger partial charge in [0.05, 0.1) is 11.4 Å². The summed E-state index contributed by atoms with van der Waals surface area (Å²) < 4.78 is 1.48. The molecule has 0 unspecified atom stereocenters. The molecular formula is C25H20ClN5O4. The minimum Gasteiger partial charge on any atom is -0.508 e.